The van der Waals surface area contributed by atoms with Crippen molar-refractivity contribution in [3.8, 4) is 0 Å². The quantitative estimate of drug-likeness (QED) is 0.619. The number of alkyl halides is 3. The minimum Gasteiger partial charge on any atom is -0.399 e. The fraction of sp³-hybridized carbons (Fsp3) is 0.571. The van der Waals surface area contributed by atoms with E-state index in [2.05, 4.69) is 9.64 Å². The number of nitrogen functional groups attached to an aromatic ring is 1. The third kappa shape index (κ3) is 5.38. The third-order valence-electron chi connectivity index (χ3n) is 3.19. The van der Waals surface area contributed by atoms with Crippen molar-refractivity contribution in [1.29, 1.82) is 0 Å². The monoisotopic (exact) mass is 288 g/mol. The van der Waals surface area contributed by atoms with Gasteiger partial charge < -0.3 is 10.5 Å². The molecule has 0 aliphatic heterocycles. The van der Waals surface area contributed by atoms with Crippen molar-refractivity contribution in [1.82, 2.24) is 4.90 Å². The van der Waals surface area contributed by atoms with Crippen molar-refractivity contribution in [3.05, 3.63) is 29.8 Å². The molecule has 6 heteroatoms. The predicted octanol–water partition coefficient (Wildman–Crippen LogP) is 2.81. The molecule has 0 amide bonds. The van der Waals surface area contributed by atoms with Crippen LogP contribution < -0.4 is 5.73 Å². The summed E-state index contributed by atoms with van der Waals surface area (Å²) >= 11 is 0. The van der Waals surface area contributed by atoms with Crippen LogP contribution in [0.5, 0.6) is 0 Å². The summed E-state index contributed by atoms with van der Waals surface area (Å²) in [6.07, 6.45) is -2.05. The van der Waals surface area contributed by atoms with Gasteiger partial charge in [0.15, 0.2) is 0 Å². The normalized spacial score (nSPS) is 15.8. The lowest BCUT2D eigenvalue weighted by Crippen LogP contribution is -2.30. The zero-order valence-electron chi connectivity index (χ0n) is 11.2. The Kier molecular flexibility index (Phi) is 4.88. The molecule has 20 heavy (non-hydrogen) atoms. The zero-order valence-corrected chi connectivity index (χ0v) is 11.2. The number of hydrogen-bond acceptors (Lipinski definition) is 3. The maximum absolute atomic E-state index is 12.0. The molecule has 2 N–H and O–H groups in total. The van der Waals surface area contributed by atoms with Crippen LogP contribution in [-0.2, 0) is 11.3 Å². The van der Waals surface area contributed by atoms with Gasteiger partial charge in [0, 0.05) is 24.8 Å². The van der Waals surface area contributed by atoms with Crippen LogP contribution in [0.3, 0.4) is 0 Å². The van der Waals surface area contributed by atoms with Gasteiger partial charge in [-0.2, -0.15) is 13.2 Å². The van der Waals surface area contributed by atoms with Gasteiger partial charge in [0.25, 0.3) is 0 Å². The predicted molar refractivity (Wildman–Crippen MR) is 71.2 cm³/mol. The molecule has 0 aromatic heterocycles. The number of nitrogens with two attached hydrogens (primary N) is 1. The van der Waals surface area contributed by atoms with E-state index in [0.29, 0.717) is 24.8 Å². The molecule has 0 radical (unpaired) electrons. The molecular formula is C14H19F3N2O. The average molecular weight is 288 g/mol. The molecule has 0 spiro atoms. The van der Waals surface area contributed by atoms with E-state index < -0.39 is 12.8 Å². The van der Waals surface area contributed by atoms with Gasteiger partial charge >= 0.3 is 6.18 Å². The van der Waals surface area contributed by atoms with Gasteiger partial charge in [0.05, 0.1) is 6.61 Å². The SMILES string of the molecule is Nc1cccc(CN(CCOCC(F)(F)F)C2CC2)c1. The van der Waals surface area contributed by atoms with Crippen LogP contribution in [0.4, 0.5) is 18.9 Å². The summed E-state index contributed by atoms with van der Waals surface area (Å²) in [5.41, 5.74) is 7.50. The Balaban J connectivity index is 1.79. The van der Waals surface area contributed by atoms with Crippen molar-refractivity contribution in [2.24, 2.45) is 0 Å². The third-order valence-corrected chi connectivity index (χ3v) is 3.19. The Morgan fingerprint density at radius 1 is 1.30 bits per heavy atom. The highest BCUT2D eigenvalue weighted by atomic mass is 19.4. The highest BCUT2D eigenvalue weighted by Gasteiger charge is 2.30. The lowest BCUT2D eigenvalue weighted by molar-refractivity contribution is -0.174. The molecule has 0 unspecified atom stereocenters. The molecule has 1 aromatic carbocycles. The van der Waals surface area contributed by atoms with Crippen molar-refractivity contribution >= 4 is 5.69 Å². The van der Waals surface area contributed by atoms with E-state index in [1.54, 1.807) is 0 Å². The van der Waals surface area contributed by atoms with Gasteiger partial charge in [-0.15, -0.1) is 0 Å². The van der Waals surface area contributed by atoms with Gasteiger partial charge in [0.1, 0.15) is 6.61 Å². The van der Waals surface area contributed by atoms with Crippen LogP contribution >= 0.6 is 0 Å². The fourth-order valence-corrected chi connectivity index (χ4v) is 2.13. The van der Waals surface area contributed by atoms with Gasteiger partial charge in [-0.3, -0.25) is 4.90 Å². The molecule has 3 nitrogen and oxygen atoms in total. The molecule has 1 saturated carbocycles. The molecule has 112 valence electrons. The van der Waals surface area contributed by atoms with Crippen molar-refractivity contribution < 1.29 is 17.9 Å². The highest BCUT2D eigenvalue weighted by Crippen LogP contribution is 2.28. The molecule has 1 aromatic rings. The van der Waals surface area contributed by atoms with Crippen LogP contribution in [0.25, 0.3) is 0 Å². The van der Waals surface area contributed by atoms with E-state index in [9.17, 15) is 13.2 Å². The van der Waals surface area contributed by atoms with Crippen LogP contribution in [0, 0.1) is 0 Å². The summed E-state index contributed by atoms with van der Waals surface area (Å²) < 4.78 is 40.6. The van der Waals surface area contributed by atoms with Gasteiger partial charge in [0.2, 0.25) is 0 Å². The average Bonchev–Trinajstić information content (AvgIpc) is 3.16. The number of rotatable bonds is 7. The minimum atomic E-state index is -4.25. The Morgan fingerprint density at radius 3 is 2.65 bits per heavy atom. The van der Waals surface area contributed by atoms with Gasteiger partial charge in [-0.1, -0.05) is 12.1 Å². The molecule has 2 rings (SSSR count). The zero-order chi connectivity index (χ0) is 14.6. The van der Waals surface area contributed by atoms with Crippen LogP contribution in [0.2, 0.25) is 0 Å². The van der Waals surface area contributed by atoms with Crippen LogP contribution in [0.1, 0.15) is 18.4 Å². The van der Waals surface area contributed by atoms with E-state index in [-0.39, 0.29) is 6.61 Å². The summed E-state index contributed by atoms with van der Waals surface area (Å²) in [4.78, 5) is 2.16. The minimum absolute atomic E-state index is 0.0956. The largest absolute Gasteiger partial charge is 0.411 e. The van der Waals surface area contributed by atoms with Crippen molar-refractivity contribution in [2.75, 3.05) is 25.5 Å². The van der Waals surface area contributed by atoms with Gasteiger partial charge in [-0.25, -0.2) is 0 Å². The Morgan fingerprint density at radius 2 is 2.05 bits per heavy atom. The molecule has 1 aliphatic carbocycles. The van der Waals surface area contributed by atoms with Gasteiger partial charge in [-0.05, 0) is 30.5 Å². The molecule has 0 atom stereocenters. The van der Waals surface area contributed by atoms with Crippen LogP contribution in [0.15, 0.2) is 24.3 Å². The first-order valence-electron chi connectivity index (χ1n) is 6.67. The lowest BCUT2D eigenvalue weighted by Gasteiger charge is -2.22. The maximum atomic E-state index is 12.0. The number of ether oxygens (including phenoxy) is 1. The first-order chi connectivity index (χ1) is 9.44. The van der Waals surface area contributed by atoms with E-state index in [0.717, 1.165) is 18.4 Å². The first-order valence-corrected chi connectivity index (χ1v) is 6.67. The number of benzene rings is 1. The number of anilines is 1. The van der Waals surface area contributed by atoms with Crippen molar-refractivity contribution in [3.63, 3.8) is 0 Å². The lowest BCUT2D eigenvalue weighted by atomic mass is 10.2. The second-order valence-electron chi connectivity index (χ2n) is 5.11. The number of halogens is 3. The summed E-state index contributed by atoms with van der Waals surface area (Å²) in [6.45, 7) is 0.128. The molecular weight excluding hydrogens is 269 g/mol. The van der Waals surface area contributed by atoms with E-state index in [1.165, 1.54) is 0 Å². The highest BCUT2D eigenvalue weighted by molar-refractivity contribution is 5.40. The standard InChI is InChI=1S/C14H19F3N2O/c15-14(16,17)10-20-7-6-19(13-4-5-13)9-11-2-1-3-12(18)8-11/h1-3,8,13H,4-7,9-10,18H2. The molecule has 0 heterocycles. The van der Waals surface area contributed by atoms with Crippen LogP contribution in [-0.4, -0.2) is 36.9 Å². The molecule has 1 aliphatic rings. The Labute approximate surface area is 116 Å². The summed E-state index contributed by atoms with van der Waals surface area (Å²) in [5.74, 6) is 0. The summed E-state index contributed by atoms with van der Waals surface area (Å²) in [5, 5.41) is 0. The van der Waals surface area contributed by atoms with E-state index in [4.69, 9.17) is 5.73 Å². The Hall–Kier alpha value is -1.27. The maximum Gasteiger partial charge on any atom is 0.411 e. The topological polar surface area (TPSA) is 38.5 Å². The fourth-order valence-electron chi connectivity index (χ4n) is 2.13. The second-order valence-corrected chi connectivity index (χ2v) is 5.11. The van der Waals surface area contributed by atoms with Crippen molar-refractivity contribution in [2.45, 2.75) is 31.6 Å². The number of hydrogen-bond donors (Lipinski definition) is 1. The first kappa shape index (κ1) is 15.1. The van der Waals surface area contributed by atoms with E-state index in [1.807, 2.05) is 24.3 Å². The molecule has 1 fully saturated rings. The summed E-state index contributed by atoms with van der Waals surface area (Å²) in [6, 6.07) is 8.03. The Bertz CT molecular complexity index is 433. The summed E-state index contributed by atoms with van der Waals surface area (Å²) in [7, 11) is 0. The smallest absolute Gasteiger partial charge is 0.399 e. The molecule has 0 bridgehead atoms. The number of nitrogens with zero attached hydrogens (tertiary/aromatic N) is 1. The van der Waals surface area contributed by atoms with E-state index >= 15 is 0 Å². The molecule has 0 saturated heterocycles. The second kappa shape index (κ2) is 6.45.